The van der Waals surface area contributed by atoms with Crippen molar-refractivity contribution in [2.24, 2.45) is 0 Å². The van der Waals surface area contributed by atoms with Gasteiger partial charge in [0, 0.05) is 42.2 Å². The van der Waals surface area contributed by atoms with E-state index in [-0.39, 0.29) is 17.8 Å². The minimum Gasteiger partial charge on any atom is -0.399 e. The van der Waals surface area contributed by atoms with Gasteiger partial charge in [0.2, 0.25) is 0 Å². The number of anilines is 2. The number of nitrogens with zero attached hydrogens (tertiary/aromatic N) is 2. The van der Waals surface area contributed by atoms with Gasteiger partial charge in [0.1, 0.15) is 5.82 Å². The van der Waals surface area contributed by atoms with E-state index < -0.39 is 0 Å². The Morgan fingerprint density at radius 2 is 1.94 bits per heavy atom. The average Bonchev–Trinajstić information content (AvgIpc) is 3.20. The highest BCUT2D eigenvalue weighted by atomic mass is 19.1. The van der Waals surface area contributed by atoms with Crippen LogP contribution in [0.25, 0.3) is 0 Å². The summed E-state index contributed by atoms with van der Waals surface area (Å²) in [6, 6.07) is 9.99. The number of hydrogen-bond donors (Lipinski definition) is 1. The number of rotatable bonds is 6. The predicted octanol–water partition coefficient (Wildman–Crippen LogP) is 4.70. The molecule has 1 amide bonds. The van der Waals surface area contributed by atoms with E-state index in [1.807, 2.05) is 13.0 Å². The van der Waals surface area contributed by atoms with Crippen LogP contribution < -0.4 is 10.6 Å². The molecule has 1 saturated heterocycles. The Bertz CT molecular complexity index is 927. The third-order valence-corrected chi connectivity index (χ3v) is 6.34. The number of carbonyl (C=O) groups excluding carboxylic acids is 1. The van der Waals surface area contributed by atoms with E-state index in [9.17, 15) is 9.18 Å². The first-order valence-corrected chi connectivity index (χ1v) is 11.3. The summed E-state index contributed by atoms with van der Waals surface area (Å²) < 4.78 is 20.4. The summed E-state index contributed by atoms with van der Waals surface area (Å²) in [7, 11) is 0. The average molecular weight is 426 g/mol. The first-order chi connectivity index (χ1) is 15.0. The molecule has 2 aliphatic rings. The fourth-order valence-corrected chi connectivity index (χ4v) is 4.72. The van der Waals surface area contributed by atoms with Gasteiger partial charge in [-0.05, 0) is 94.1 Å². The molecule has 31 heavy (non-hydrogen) atoms. The van der Waals surface area contributed by atoms with Gasteiger partial charge in [0.05, 0.1) is 6.10 Å². The number of halogens is 1. The van der Waals surface area contributed by atoms with Gasteiger partial charge < -0.3 is 20.3 Å². The van der Waals surface area contributed by atoms with Crippen LogP contribution in [0.3, 0.4) is 0 Å². The van der Waals surface area contributed by atoms with E-state index in [1.54, 1.807) is 23.1 Å². The molecule has 0 spiro atoms. The minimum absolute atomic E-state index is 0.0833. The van der Waals surface area contributed by atoms with E-state index >= 15 is 0 Å². The summed E-state index contributed by atoms with van der Waals surface area (Å²) in [5.74, 6) is -0.387. The SMILES string of the molecule is Cc1cc(N)ccc1C(=O)N1CCCC(OCCCN2CCCC2)c2cc(F)ccc21. The molecule has 0 aliphatic carbocycles. The topological polar surface area (TPSA) is 58.8 Å². The predicted molar refractivity (Wildman–Crippen MR) is 122 cm³/mol. The van der Waals surface area contributed by atoms with Crippen molar-refractivity contribution < 1.29 is 13.9 Å². The van der Waals surface area contributed by atoms with Crippen molar-refractivity contribution in [3.8, 4) is 0 Å². The van der Waals surface area contributed by atoms with Crippen LogP contribution in [0.1, 0.15) is 59.7 Å². The van der Waals surface area contributed by atoms with Crippen molar-refractivity contribution in [2.45, 2.75) is 45.1 Å². The number of nitrogens with two attached hydrogens (primary N) is 1. The molecule has 2 aliphatic heterocycles. The highest BCUT2D eigenvalue weighted by Gasteiger charge is 2.28. The Morgan fingerprint density at radius 3 is 2.71 bits per heavy atom. The van der Waals surface area contributed by atoms with Crippen LogP contribution in [-0.4, -0.2) is 43.6 Å². The number of fused-ring (bicyclic) bond motifs is 1. The van der Waals surface area contributed by atoms with Crippen molar-refractivity contribution in [3.63, 3.8) is 0 Å². The third kappa shape index (κ3) is 5.08. The fraction of sp³-hybridized carbons (Fsp3) is 0.480. The van der Waals surface area contributed by atoms with Gasteiger partial charge in [0.15, 0.2) is 0 Å². The lowest BCUT2D eigenvalue weighted by Crippen LogP contribution is -2.32. The zero-order valence-corrected chi connectivity index (χ0v) is 18.3. The molecule has 2 aromatic carbocycles. The molecule has 0 bridgehead atoms. The first-order valence-electron chi connectivity index (χ1n) is 11.3. The second kappa shape index (κ2) is 9.79. The van der Waals surface area contributed by atoms with Gasteiger partial charge in [0.25, 0.3) is 5.91 Å². The van der Waals surface area contributed by atoms with Gasteiger partial charge >= 0.3 is 0 Å². The van der Waals surface area contributed by atoms with E-state index in [0.29, 0.717) is 24.4 Å². The number of benzene rings is 2. The molecule has 0 radical (unpaired) electrons. The summed E-state index contributed by atoms with van der Waals surface area (Å²) in [5, 5.41) is 0. The second-order valence-corrected chi connectivity index (χ2v) is 8.64. The van der Waals surface area contributed by atoms with Crippen LogP contribution in [0.15, 0.2) is 36.4 Å². The molecule has 2 N–H and O–H groups in total. The summed E-state index contributed by atoms with van der Waals surface area (Å²) in [6.45, 7) is 6.51. The van der Waals surface area contributed by atoms with Crippen LogP contribution in [0, 0.1) is 12.7 Å². The van der Waals surface area contributed by atoms with E-state index in [0.717, 1.165) is 42.6 Å². The van der Waals surface area contributed by atoms with E-state index in [4.69, 9.17) is 10.5 Å². The van der Waals surface area contributed by atoms with Crippen LogP contribution in [-0.2, 0) is 4.74 Å². The molecule has 0 aromatic heterocycles. The van der Waals surface area contributed by atoms with Crippen molar-refractivity contribution in [1.29, 1.82) is 0 Å². The summed E-state index contributed by atoms with van der Waals surface area (Å²) in [4.78, 5) is 17.6. The lowest BCUT2D eigenvalue weighted by molar-refractivity contribution is 0.0419. The first kappa shape index (κ1) is 21.8. The van der Waals surface area contributed by atoms with Gasteiger partial charge in [-0.25, -0.2) is 4.39 Å². The fourth-order valence-electron chi connectivity index (χ4n) is 4.72. The highest BCUT2D eigenvalue weighted by Crippen LogP contribution is 2.37. The van der Waals surface area contributed by atoms with Crippen LogP contribution in [0.5, 0.6) is 0 Å². The Labute approximate surface area is 184 Å². The van der Waals surface area contributed by atoms with Gasteiger partial charge in [-0.2, -0.15) is 0 Å². The zero-order valence-electron chi connectivity index (χ0n) is 18.3. The lowest BCUT2D eigenvalue weighted by Gasteiger charge is -2.25. The standard InChI is InChI=1S/C25H32FN3O2/c1-18-16-20(27)8-9-21(18)25(30)29-14-4-6-24(22-17-19(26)7-10-23(22)29)31-15-5-13-28-11-2-3-12-28/h7-10,16-17,24H,2-6,11-15,27H2,1H3. The van der Waals surface area contributed by atoms with Crippen molar-refractivity contribution in [1.82, 2.24) is 4.90 Å². The number of hydrogen-bond acceptors (Lipinski definition) is 4. The monoisotopic (exact) mass is 425 g/mol. The summed E-state index contributed by atoms with van der Waals surface area (Å²) in [5.41, 5.74) is 9.45. The molecule has 6 heteroatoms. The number of likely N-dealkylation sites (tertiary alicyclic amines) is 1. The molecule has 5 nitrogen and oxygen atoms in total. The summed E-state index contributed by atoms with van der Waals surface area (Å²) in [6.07, 6.45) is 4.90. The normalized spacial score (nSPS) is 19.3. The summed E-state index contributed by atoms with van der Waals surface area (Å²) >= 11 is 0. The largest absolute Gasteiger partial charge is 0.399 e. The molecule has 2 heterocycles. The Hall–Kier alpha value is -2.44. The molecular formula is C25H32FN3O2. The maximum absolute atomic E-state index is 14.2. The number of nitrogen functional groups attached to an aromatic ring is 1. The van der Waals surface area contributed by atoms with Crippen molar-refractivity contribution in [3.05, 3.63) is 58.9 Å². The number of ether oxygens (including phenoxy) is 1. The molecule has 1 fully saturated rings. The van der Waals surface area contributed by atoms with Crippen LogP contribution in [0.2, 0.25) is 0 Å². The van der Waals surface area contributed by atoms with Crippen molar-refractivity contribution in [2.75, 3.05) is 43.4 Å². The maximum atomic E-state index is 14.2. The van der Waals surface area contributed by atoms with Gasteiger partial charge in [-0.1, -0.05) is 0 Å². The quantitative estimate of drug-likeness (QED) is 0.538. The molecule has 166 valence electrons. The molecule has 0 saturated carbocycles. The van der Waals surface area contributed by atoms with Crippen LogP contribution in [0.4, 0.5) is 15.8 Å². The molecular weight excluding hydrogens is 393 g/mol. The Morgan fingerprint density at radius 1 is 1.13 bits per heavy atom. The van der Waals surface area contributed by atoms with E-state index in [1.165, 1.54) is 38.1 Å². The number of carbonyl (C=O) groups is 1. The van der Waals surface area contributed by atoms with Crippen molar-refractivity contribution >= 4 is 17.3 Å². The highest BCUT2D eigenvalue weighted by molar-refractivity contribution is 6.07. The van der Waals surface area contributed by atoms with Gasteiger partial charge in [-0.15, -0.1) is 0 Å². The molecule has 2 aromatic rings. The zero-order chi connectivity index (χ0) is 21.8. The molecule has 1 unspecified atom stereocenters. The third-order valence-electron chi connectivity index (χ3n) is 6.34. The van der Waals surface area contributed by atoms with E-state index in [2.05, 4.69) is 4.90 Å². The lowest BCUT2D eigenvalue weighted by atomic mass is 10.0. The molecule has 1 atom stereocenters. The minimum atomic E-state index is -0.303. The Balaban J connectivity index is 1.51. The number of aryl methyl sites for hydroxylation is 1. The smallest absolute Gasteiger partial charge is 0.258 e. The van der Waals surface area contributed by atoms with Crippen LogP contribution >= 0.6 is 0 Å². The number of amides is 1. The Kier molecular flexibility index (Phi) is 6.88. The second-order valence-electron chi connectivity index (χ2n) is 8.64. The maximum Gasteiger partial charge on any atom is 0.258 e. The van der Waals surface area contributed by atoms with Gasteiger partial charge in [-0.3, -0.25) is 4.79 Å². The molecule has 4 rings (SSSR count).